The highest BCUT2D eigenvalue weighted by Crippen LogP contribution is 2.28. The van der Waals surface area contributed by atoms with Gasteiger partial charge in [-0.1, -0.05) is 56.4 Å². The Morgan fingerprint density at radius 3 is 2.12 bits per heavy atom. The maximum Gasteiger partial charge on any atom is 0.408 e. The average molecular weight is 561 g/mol. The summed E-state index contributed by atoms with van der Waals surface area (Å²) in [6.45, 7) is 17.2. The van der Waals surface area contributed by atoms with Crippen LogP contribution in [0.15, 0.2) is 18.2 Å². The van der Waals surface area contributed by atoms with Crippen LogP contribution in [0, 0.1) is 13.8 Å². The molecule has 1 aromatic rings. The van der Waals surface area contributed by atoms with Gasteiger partial charge in [-0.15, -0.1) is 0 Å². The van der Waals surface area contributed by atoms with E-state index in [1.165, 1.54) is 0 Å². The first-order valence-electron chi connectivity index (χ1n) is 14.4. The molecular formula is C31H52N4O5. The number of nitrogens with zero attached hydrogens (tertiary/aromatic N) is 1. The molecule has 226 valence electrons. The van der Waals surface area contributed by atoms with Crippen LogP contribution in [0.25, 0.3) is 0 Å². The van der Waals surface area contributed by atoms with Crippen molar-refractivity contribution >= 4 is 23.8 Å². The minimum absolute atomic E-state index is 0.0137. The normalized spacial score (nSPS) is 13.2. The van der Waals surface area contributed by atoms with Gasteiger partial charge in [0.1, 0.15) is 17.7 Å². The number of ether oxygens (including phenoxy) is 1. The van der Waals surface area contributed by atoms with Crippen LogP contribution in [0.3, 0.4) is 0 Å². The molecule has 0 heterocycles. The average Bonchev–Trinajstić information content (AvgIpc) is 2.79. The van der Waals surface area contributed by atoms with Crippen molar-refractivity contribution in [3.63, 3.8) is 0 Å². The zero-order valence-corrected chi connectivity index (χ0v) is 26.1. The number of alkyl carbamates (subject to hydrolysis) is 1. The van der Waals surface area contributed by atoms with Crippen LogP contribution in [-0.4, -0.2) is 52.4 Å². The van der Waals surface area contributed by atoms with Gasteiger partial charge < -0.3 is 26.0 Å². The lowest BCUT2D eigenvalue weighted by molar-refractivity contribution is -0.143. The van der Waals surface area contributed by atoms with Gasteiger partial charge in [0.05, 0.1) is 0 Å². The summed E-state index contributed by atoms with van der Waals surface area (Å²) in [5, 5.41) is 5.69. The predicted molar refractivity (Wildman–Crippen MR) is 159 cm³/mol. The Hall–Kier alpha value is -3.10. The third kappa shape index (κ3) is 12.8. The number of benzene rings is 1. The van der Waals surface area contributed by atoms with Crippen molar-refractivity contribution < 1.29 is 23.9 Å². The van der Waals surface area contributed by atoms with Crippen LogP contribution in [0.4, 0.5) is 4.79 Å². The molecule has 9 heteroatoms. The third-order valence-corrected chi connectivity index (χ3v) is 6.23. The van der Waals surface area contributed by atoms with E-state index in [4.69, 9.17) is 10.5 Å². The molecule has 0 bridgehead atoms. The van der Waals surface area contributed by atoms with Crippen molar-refractivity contribution in [2.24, 2.45) is 5.73 Å². The van der Waals surface area contributed by atoms with Crippen molar-refractivity contribution in [2.75, 3.05) is 6.54 Å². The number of unbranched alkanes of at least 4 members (excludes halogenated alkanes) is 4. The molecule has 9 nitrogen and oxygen atoms in total. The van der Waals surface area contributed by atoms with E-state index >= 15 is 0 Å². The molecule has 0 aliphatic heterocycles. The molecule has 40 heavy (non-hydrogen) atoms. The van der Waals surface area contributed by atoms with Crippen LogP contribution in [0.2, 0.25) is 0 Å². The summed E-state index contributed by atoms with van der Waals surface area (Å²) in [7, 11) is 0. The van der Waals surface area contributed by atoms with Gasteiger partial charge in [-0.05, 0) is 79.4 Å². The Balaban J connectivity index is 3.60. The van der Waals surface area contributed by atoms with Gasteiger partial charge in [0.2, 0.25) is 17.7 Å². The summed E-state index contributed by atoms with van der Waals surface area (Å²) in [6, 6.07) is 3.76. The Labute approximate surface area is 241 Å². The van der Waals surface area contributed by atoms with Crippen molar-refractivity contribution in [1.29, 1.82) is 0 Å². The molecule has 2 atom stereocenters. The van der Waals surface area contributed by atoms with E-state index in [0.29, 0.717) is 18.5 Å². The van der Waals surface area contributed by atoms with Gasteiger partial charge in [0, 0.05) is 18.5 Å². The standard InChI is InChI=1S/C31H52N4O5/c1-10-11-12-13-14-19-35(28(38)24(17-18-25(32)36)33-29(39)40-31(7,8)9)26(27(37)34-30(4,5)6)23-16-15-21(2)20-22(23)3/h15-16,20,24,26H,10-14,17-19H2,1-9H3,(H2,32,36)(H,33,39)(H,34,37). The number of hydrogen-bond acceptors (Lipinski definition) is 5. The van der Waals surface area contributed by atoms with Crippen LogP contribution in [0.1, 0.15) is 116 Å². The molecule has 0 aliphatic rings. The quantitative estimate of drug-likeness (QED) is 0.269. The minimum atomic E-state index is -1.10. The number of nitrogens with one attached hydrogen (secondary N) is 2. The zero-order valence-electron chi connectivity index (χ0n) is 26.1. The predicted octanol–water partition coefficient (Wildman–Crippen LogP) is 5.22. The molecule has 0 radical (unpaired) electrons. The molecule has 2 unspecified atom stereocenters. The number of nitrogens with two attached hydrogens (primary N) is 1. The second-order valence-corrected chi connectivity index (χ2v) is 12.7. The Morgan fingerprint density at radius 2 is 1.60 bits per heavy atom. The molecule has 4 N–H and O–H groups in total. The molecule has 0 aliphatic carbocycles. The van der Waals surface area contributed by atoms with Crippen LogP contribution < -0.4 is 16.4 Å². The summed E-state index contributed by atoms with van der Waals surface area (Å²) in [4.78, 5) is 54.1. The number of carbonyl (C=O) groups excluding carboxylic acids is 4. The van der Waals surface area contributed by atoms with Crippen molar-refractivity contribution in [3.8, 4) is 0 Å². The van der Waals surface area contributed by atoms with Gasteiger partial charge in [0.15, 0.2) is 0 Å². The molecule has 4 amide bonds. The fraction of sp³-hybridized carbons (Fsp3) is 0.677. The van der Waals surface area contributed by atoms with E-state index in [9.17, 15) is 19.2 Å². The van der Waals surface area contributed by atoms with E-state index in [-0.39, 0.29) is 18.7 Å². The van der Waals surface area contributed by atoms with E-state index in [0.717, 1.165) is 36.8 Å². The second kappa shape index (κ2) is 15.6. The smallest absolute Gasteiger partial charge is 0.408 e. The first-order chi connectivity index (χ1) is 18.4. The zero-order chi connectivity index (χ0) is 30.7. The summed E-state index contributed by atoms with van der Waals surface area (Å²) in [6.07, 6.45) is 3.85. The molecule has 0 aromatic heterocycles. The van der Waals surface area contributed by atoms with Crippen molar-refractivity contribution in [3.05, 3.63) is 34.9 Å². The lowest BCUT2D eigenvalue weighted by atomic mass is 9.95. The van der Waals surface area contributed by atoms with E-state index in [1.807, 2.05) is 52.8 Å². The summed E-state index contributed by atoms with van der Waals surface area (Å²) >= 11 is 0. The summed E-state index contributed by atoms with van der Waals surface area (Å²) < 4.78 is 5.40. The Morgan fingerprint density at radius 1 is 0.975 bits per heavy atom. The Bertz CT molecular complexity index is 1010. The summed E-state index contributed by atoms with van der Waals surface area (Å²) in [5.74, 6) is -1.37. The molecule has 1 rings (SSSR count). The van der Waals surface area contributed by atoms with Gasteiger partial charge in [-0.2, -0.15) is 0 Å². The number of carbonyl (C=O) groups is 4. The van der Waals surface area contributed by atoms with Gasteiger partial charge in [-0.3, -0.25) is 14.4 Å². The van der Waals surface area contributed by atoms with Crippen molar-refractivity contribution in [2.45, 2.75) is 130 Å². The van der Waals surface area contributed by atoms with Gasteiger partial charge in [0.25, 0.3) is 0 Å². The first kappa shape index (κ1) is 34.9. The number of hydrogen-bond donors (Lipinski definition) is 3. The second-order valence-electron chi connectivity index (χ2n) is 12.7. The van der Waals surface area contributed by atoms with E-state index in [1.54, 1.807) is 25.7 Å². The fourth-order valence-corrected chi connectivity index (χ4v) is 4.47. The maximum atomic E-state index is 14.3. The SMILES string of the molecule is CCCCCCCN(C(=O)C(CCC(N)=O)NC(=O)OC(C)(C)C)C(C(=O)NC(C)(C)C)c1ccc(C)cc1C. The highest BCUT2D eigenvalue weighted by molar-refractivity contribution is 5.93. The third-order valence-electron chi connectivity index (χ3n) is 6.23. The number of amides is 4. The van der Waals surface area contributed by atoms with Crippen LogP contribution >= 0.6 is 0 Å². The molecule has 0 fully saturated rings. The van der Waals surface area contributed by atoms with Gasteiger partial charge in [-0.25, -0.2) is 4.79 Å². The summed E-state index contributed by atoms with van der Waals surface area (Å²) in [5.41, 5.74) is 6.72. The Kier molecular flexibility index (Phi) is 13.6. The monoisotopic (exact) mass is 560 g/mol. The first-order valence-corrected chi connectivity index (χ1v) is 14.4. The largest absolute Gasteiger partial charge is 0.444 e. The van der Waals surface area contributed by atoms with E-state index in [2.05, 4.69) is 17.6 Å². The van der Waals surface area contributed by atoms with E-state index < -0.39 is 41.1 Å². The molecular weight excluding hydrogens is 508 g/mol. The number of rotatable bonds is 14. The lowest BCUT2D eigenvalue weighted by Gasteiger charge is -2.36. The highest BCUT2D eigenvalue weighted by Gasteiger charge is 2.37. The minimum Gasteiger partial charge on any atom is -0.444 e. The van der Waals surface area contributed by atoms with Crippen molar-refractivity contribution in [1.82, 2.24) is 15.5 Å². The van der Waals surface area contributed by atoms with Gasteiger partial charge >= 0.3 is 6.09 Å². The molecule has 0 saturated heterocycles. The highest BCUT2D eigenvalue weighted by atomic mass is 16.6. The maximum absolute atomic E-state index is 14.3. The molecule has 0 saturated carbocycles. The molecule has 0 spiro atoms. The fourth-order valence-electron chi connectivity index (χ4n) is 4.47. The number of primary amides is 1. The molecule has 1 aromatic carbocycles. The van der Waals surface area contributed by atoms with Crippen LogP contribution in [0.5, 0.6) is 0 Å². The number of aryl methyl sites for hydroxylation is 2. The lowest BCUT2D eigenvalue weighted by Crippen LogP contribution is -2.55. The topological polar surface area (TPSA) is 131 Å². The van der Waals surface area contributed by atoms with Crippen LogP contribution in [-0.2, 0) is 19.1 Å².